The van der Waals surface area contributed by atoms with E-state index in [2.05, 4.69) is 25.6 Å². The summed E-state index contributed by atoms with van der Waals surface area (Å²) >= 11 is 0. The molecule has 7 heteroatoms. The number of rotatable bonds is 6. The third-order valence-electron chi connectivity index (χ3n) is 3.52. The maximum Gasteiger partial charge on any atom is 0.322 e. The molecule has 20 heavy (non-hydrogen) atoms. The lowest BCUT2D eigenvalue weighted by atomic mass is 9.86. The van der Waals surface area contributed by atoms with Crippen molar-refractivity contribution in [2.45, 2.75) is 38.7 Å². The standard InChI is InChI=1S/C13H23N5O2/c1-3-14-11-16-12(18-13(17-11)20-2)15-8-9-6-4-5-7-10(9)19/h9-10,19H,3-8H2,1-2H3,(H2,14,15,16,17,18). The molecule has 1 fully saturated rings. The minimum absolute atomic E-state index is 0.228. The summed E-state index contributed by atoms with van der Waals surface area (Å²) < 4.78 is 5.06. The fourth-order valence-corrected chi connectivity index (χ4v) is 2.41. The lowest BCUT2D eigenvalue weighted by Crippen LogP contribution is -2.30. The van der Waals surface area contributed by atoms with Gasteiger partial charge < -0.3 is 20.5 Å². The predicted octanol–water partition coefficient (Wildman–Crippen LogP) is 1.27. The van der Waals surface area contributed by atoms with Gasteiger partial charge in [-0.15, -0.1) is 0 Å². The van der Waals surface area contributed by atoms with Crippen LogP contribution in [-0.2, 0) is 0 Å². The highest BCUT2D eigenvalue weighted by Gasteiger charge is 2.23. The molecule has 3 N–H and O–H groups in total. The third kappa shape index (κ3) is 3.93. The monoisotopic (exact) mass is 281 g/mol. The molecule has 2 rings (SSSR count). The molecule has 112 valence electrons. The van der Waals surface area contributed by atoms with Crippen LogP contribution < -0.4 is 15.4 Å². The number of aromatic nitrogens is 3. The smallest absolute Gasteiger partial charge is 0.322 e. The Morgan fingerprint density at radius 2 is 1.85 bits per heavy atom. The molecule has 7 nitrogen and oxygen atoms in total. The predicted molar refractivity (Wildman–Crippen MR) is 77.0 cm³/mol. The lowest BCUT2D eigenvalue weighted by Gasteiger charge is -2.27. The molecule has 1 aliphatic rings. The number of aliphatic hydroxyl groups is 1. The average molecular weight is 281 g/mol. The molecule has 0 aliphatic heterocycles. The van der Waals surface area contributed by atoms with Crippen LogP contribution in [0, 0.1) is 5.92 Å². The summed E-state index contributed by atoms with van der Waals surface area (Å²) in [4.78, 5) is 12.5. The number of aliphatic hydroxyl groups excluding tert-OH is 1. The van der Waals surface area contributed by atoms with Crippen molar-refractivity contribution in [1.29, 1.82) is 0 Å². The van der Waals surface area contributed by atoms with E-state index in [0.29, 0.717) is 18.4 Å². The fourth-order valence-electron chi connectivity index (χ4n) is 2.41. The largest absolute Gasteiger partial charge is 0.467 e. The van der Waals surface area contributed by atoms with Crippen molar-refractivity contribution in [3.8, 4) is 6.01 Å². The normalized spacial score (nSPS) is 22.4. The van der Waals surface area contributed by atoms with E-state index in [9.17, 15) is 5.11 Å². The minimum Gasteiger partial charge on any atom is -0.467 e. The third-order valence-corrected chi connectivity index (χ3v) is 3.52. The Balaban J connectivity index is 1.98. The molecule has 1 aromatic rings. The van der Waals surface area contributed by atoms with Gasteiger partial charge in [-0.05, 0) is 19.8 Å². The number of methoxy groups -OCH3 is 1. The molecule has 2 atom stereocenters. The number of ether oxygens (including phenoxy) is 1. The Kier molecular flexibility index (Phi) is 5.34. The van der Waals surface area contributed by atoms with Crippen LogP contribution in [0.5, 0.6) is 6.01 Å². The second-order valence-corrected chi connectivity index (χ2v) is 4.99. The molecule has 0 aromatic carbocycles. The Labute approximate surface area is 119 Å². The van der Waals surface area contributed by atoms with Crippen LogP contribution in [0.1, 0.15) is 32.6 Å². The van der Waals surface area contributed by atoms with E-state index in [1.54, 1.807) is 0 Å². The molecule has 0 spiro atoms. The van der Waals surface area contributed by atoms with Gasteiger partial charge in [-0.1, -0.05) is 12.8 Å². The summed E-state index contributed by atoms with van der Waals surface area (Å²) in [5.74, 6) is 1.23. The van der Waals surface area contributed by atoms with Gasteiger partial charge in [0.15, 0.2) is 0 Å². The van der Waals surface area contributed by atoms with Crippen molar-refractivity contribution in [3.05, 3.63) is 0 Å². The van der Waals surface area contributed by atoms with Crippen LogP contribution in [0.2, 0.25) is 0 Å². The zero-order chi connectivity index (χ0) is 14.4. The van der Waals surface area contributed by atoms with Gasteiger partial charge in [0.05, 0.1) is 13.2 Å². The molecule has 0 amide bonds. The summed E-state index contributed by atoms with van der Waals surface area (Å²) in [6.07, 6.45) is 3.98. The van der Waals surface area contributed by atoms with Gasteiger partial charge >= 0.3 is 6.01 Å². The van der Waals surface area contributed by atoms with E-state index in [1.165, 1.54) is 13.5 Å². The fraction of sp³-hybridized carbons (Fsp3) is 0.769. The molecular formula is C13H23N5O2. The van der Waals surface area contributed by atoms with E-state index in [-0.39, 0.29) is 18.0 Å². The van der Waals surface area contributed by atoms with Crippen molar-refractivity contribution in [2.75, 3.05) is 30.8 Å². The molecule has 1 aliphatic carbocycles. The van der Waals surface area contributed by atoms with E-state index in [1.807, 2.05) is 6.92 Å². The van der Waals surface area contributed by atoms with Crippen LogP contribution in [0.15, 0.2) is 0 Å². The number of nitrogens with one attached hydrogen (secondary N) is 2. The van der Waals surface area contributed by atoms with Crippen molar-refractivity contribution in [2.24, 2.45) is 5.92 Å². The first-order valence-electron chi connectivity index (χ1n) is 7.18. The summed E-state index contributed by atoms with van der Waals surface area (Å²) in [6, 6.07) is 0.280. The molecule has 0 bridgehead atoms. The van der Waals surface area contributed by atoms with Crippen LogP contribution >= 0.6 is 0 Å². The number of hydrogen-bond donors (Lipinski definition) is 3. The molecular weight excluding hydrogens is 258 g/mol. The minimum atomic E-state index is -0.228. The van der Waals surface area contributed by atoms with E-state index >= 15 is 0 Å². The van der Waals surface area contributed by atoms with Gasteiger partial charge in [0, 0.05) is 19.0 Å². The molecule has 2 unspecified atom stereocenters. The second kappa shape index (κ2) is 7.23. The molecule has 1 heterocycles. The van der Waals surface area contributed by atoms with Crippen molar-refractivity contribution < 1.29 is 9.84 Å². The van der Waals surface area contributed by atoms with Crippen LogP contribution in [0.25, 0.3) is 0 Å². The summed E-state index contributed by atoms with van der Waals surface area (Å²) in [5.41, 5.74) is 0. The van der Waals surface area contributed by atoms with Gasteiger partial charge in [0.25, 0.3) is 0 Å². The van der Waals surface area contributed by atoms with E-state index in [0.717, 1.165) is 25.8 Å². The maximum atomic E-state index is 9.96. The van der Waals surface area contributed by atoms with E-state index in [4.69, 9.17) is 4.74 Å². The van der Waals surface area contributed by atoms with Crippen molar-refractivity contribution in [1.82, 2.24) is 15.0 Å². The Morgan fingerprint density at radius 1 is 1.15 bits per heavy atom. The van der Waals surface area contributed by atoms with Gasteiger partial charge in [0.1, 0.15) is 0 Å². The average Bonchev–Trinajstić information content (AvgIpc) is 2.46. The Hall–Kier alpha value is -1.63. The Morgan fingerprint density at radius 3 is 2.50 bits per heavy atom. The molecule has 0 radical (unpaired) electrons. The Bertz CT molecular complexity index is 429. The summed E-state index contributed by atoms with van der Waals surface area (Å²) in [5, 5.41) is 16.2. The van der Waals surface area contributed by atoms with Crippen molar-refractivity contribution >= 4 is 11.9 Å². The highest BCUT2D eigenvalue weighted by molar-refractivity contribution is 5.35. The first-order valence-corrected chi connectivity index (χ1v) is 7.18. The van der Waals surface area contributed by atoms with Gasteiger partial charge in [-0.3, -0.25) is 0 Å². The topological polar surface area (TPSA) is 92.2 Å². The summed E-state index contributed by atoms with van der Waals surface area (Å²) in [7, 11) is 1.53. The van der Waals surface area contributed by atoms with Gasteiger partial charge in [-0.25, -0.2) is 0 Å². The first kappa shape index (κ1) is 14.8. The number of anilines is 2. The SMILES string of the molecule is CCNc1nc(NCC2CCCCC2O)nc(OC)n1. The van der Waals surface area contributed by atoms with Gasteiger partial charge in [-0.2, -0.15) is 15.0 Å². The highest BCUT2D eigenvalue weighted by Crippen LogP contribution is 2.24. The van der Waals surface area contributed by atoms with Crippen LogP contribution in [-0.4, -0.2) is 46.4 Å². The first-order chi connectivity index (χ1) is 9.72. The zero-order valence-electron chi connectivity index (χ0n) is 12.1. The second-order valence-electron chi connectivity index (χ2n) is 4.99. The van der Waals surface area contributed by atoms with Crippen molar-refractivity contribution in [3.63, 3.8) is 0 Å². The number of hydrogen-bond acceptors (Lipinski definition) is 7. The van der Waals surface area contributed by atoms with Crippen LogP contribution in [0.4, 0.5) is 11.9 Å². The quantitative estimate of drug-likeness (QED) is 0.723. The zero-order valence-corrected chi connectivity index (χ0v) is 12.1. The van der Waals surface area contributed by atoms with Crippen LogP contribution in [0.3, 0.4) is 0 Å². The number of nitrogens with zero attached hydrogens (tertiary/aromatic N) is 3. The highest BCUT2D eigenvalue weighted by atomic mass is 16.5. The van der Waals surface area contributed by atoms with E-state index < -0.39 is 0 Å². The molecule has 0 saturated heterocycles. The lowest BCUT2D eigenvalue weighted by molar-refractivity contribution is 0.0762. The maximum absolute atomic E-state index is 9.96. The summed E-state index contributed by atoms with van der Waals surface area (Å²) in [6.45, 7) is 3.37. The molecule has 1 aromatic heterocycles. The van der Waals surface area contributed by atoms with Gasteiger partial charge in [0.2, 0.25) is 11.9 Å². The molecule has 1 saturated carbocycles.